The molecular weight excluding hydrogens is 278 g/mol. The minimum atomic E-state index is -0.929. The summed E-state index contributed by atoms with van der Waals surface area (Å²) in [5, 5.41) is 12.5. The molecular formula is C15H16ClNO3. The minimum absolute atomic E-state index is 0.0105. The molecule has 2 saturated carbocycles. The highest BCUT2D eigenvalue weighted by atomic mass is 35.5. The normalized spacial score (nSPS) is 23.1. The van der Waals surface area contributed by atoms with E-state index in [1.54, 1.807) is 24.3 Å². The van der Waals surface area contributed by atoms with Crippen LogP contribution in [0.3, 0.4) is 0 Å². The Kier molecular flexibility index (Phi) is 3.21. The van der Waals surface area contributed by atoms with Crippen LogP contribution in [0.25, 0.3) is 0 Å². The first kappa shape index (κ1) is 13.4. The molecule has 0 aromatic heterocycles. The zero-order valence-electron chi connectivity index (χ0n) is 10.9. The standard InChI is InChI=1S/C15H16ClNO3/c16-10-3-1-9(2-4-10)12(7-13(18)19)17-14(20)11-8-15(11)5-6-15/h1-4,11-12H,5-8H2,(H,17,20)(H,18,19)/t11?,12-/m0/s1. The van der Waals surface area contributed by atoms with Crippen LogP contribution < -0.4 is 5.32 Å². The van der Waals surface area contributed by atoms with Gasteiger partial charge < -0.3 is 10.4 Å². The van der Waals surface area contributed by atoms with Gasteiger partial charge in [0.25, 0.3) is 0 Å². The van der Waals surface area contributed by atoms with Gasteiger partial charge in [-0.25, -0.2) is 0 Å². The maximum absolute atomic E-state index is 12.2. The predicted molar refractivity (Wildman–Crippen MR) is 74.4 cm³/mol. The number of halogens is 1. The lowest BCUT2D eigenvalue weighted by atomic mass is 10.0. The molecule has 2 aliphatic rings. The van der Waals surface area contributed by atoms with Gasteiger partial charge in [0, 0.05) is 10.9 Å². The molecule has 4 nitrogen and oxygen atoms in total. The zero-order chi connectivity index (χ0) is 14.3. The second-order valence-electron chi connectivity index (χ2n) is 5.83. The summed E-state index contributed by atoms with van der Waals surface area (Å²) >= 11 is 5.83. The Morgan fingerprint density at radius 3 is 2.50 bits per heavy atom. The lowest BCUT2D eigenvalue weighted by Gasteiger charge is -2.17. The van der Waals surface area contributed by atoms with Gasteiger partial charge in [-0.05, 0) is 42.4 Å². The van der Waals surface area contributed by atoms with Crippen LogP contribution in [0.5, 0.6) is 0 Å². The number of carbonyl (C=O) groups excluding carboxylic acids is 1. The van der Waals surface area contributed by atoms with Crippen molar-refractivity contribution in [1.29, 1.82) is 0 Å². The number of carboxylic acids is 1. The van der Waals surface area contributed by atoms with Gasteiger partial charge in [-0.2, -0.15) is 0 Å². The molecule has 20 heavy (non-hydrogen) atoms. The molecule has 0 saturated heterocycles. The van der Waals surface area contributed by atoms with Crippen molar-refractivity contribution in [2.45, 2.75) is 31.7 Å². The van der Waals surface area contributed by atoms with Crippen molar-refractivity contribution in [2.75, 3.05) is 0 Å². The summed E-state index contributed by atoms with van der Waals surface area (Å²) in [6.45, 7) is 0. The van der Waals surface area contributed by atoms with Crippen molar-refractivity contribution in [1.82, 2.24) is 5.32 Å². The highest BCUT2D eigenvalue weighted by Gasteiger charge is 2.65. The molecule has 1 aromatic rings. The van der Waals surface area contributed by atoms with Gasteiger partial charge in [-0.1, -0.05) is 23.7 Å². The molecule has 0 heterocycles. The van der Waals surface area contributed by atoms with E-state index in [1.807, 2.05) is 0 Å². The first-order valence-corrected chi connectivity index (χ1v) is 7.16. The molecule has 1 amide bonds. The van der Waals surface area contributed by atoms with Crippen molar-refractivity contribution in [3.8, 4) is 0 Å². The van der Waals surface area contributed by atoms with Crippen molar-refractivity contribution in [2.24, 2.45) is 11.3 Å². The van der Waals surface area contributed by atoms with Crippen LogP contribution in [-0.2, 0) is 9.59 Å². The van der Waals surface area contributed by atoms with E-state index < -0.39 is 12.0 Å². The molecule has 2 aliphatic carbocycles. The molecule has 5 heteroatoms. The lowest BCUT2D eigenvalue weighted by molar-refractivity contribution is -0.137. The second-order valence-corrected chi connectivity index (χ2v) is 6.27. The maximum atomic E-state index is 12.2. The zero-order valence-corrected chi connectivity index (χ0v) is 11.7. The summed E-state index contributed by atoms with van der Waals surface area (Å²) in [6, 6.07) is 6.44. The van der Waals surface area contributed by atoms with E-state index in [4.69, 9.17) is 16.7 Å². The summed E-state index contributed by atoms with van der Waals surface area (Å²) in [4.78, 5) is 23.1. The van der Waals surface area contributed by atoms with Gasteiger partial charge in [0.15, 0.2) is 0 Å². The maximum Gasteiger partial charge on any atom is 0.305 e. The number of aliphatic carboxylic acids is 1. The molecule has 1 spiro atoms. The highest BCUT2D eigenvalue weighted by molar-refractivity contribution is 6.30. The minimum Gasteiger partial charge on any atom is -0.481 e. The van der Waals surface area contributed by atoms with Crippen LogP contribution in [0.2, 0.25) is 5.02 Å². The largest absolute Gasteiger partial charge is 0.481 e. The number of nitrogens with one attached hydrogen (secondary N) is 1. The van der Waals surface area contributed by atoms with Gasteiger partial charge in [0.05, 0.1) is 12.5 Å². The summed E-state index contributed by atoms with van der Waals surface area (Å²) < 4.78 is 0. The van der Waals surface area contributed by atoms with Crippen molar-refractivity contribution in [3.05, 3.63) is 34.9 Å². The third-order valence-electron chi connectivity index (χ3n) is 4.37. The van der Waals surface area contributed by atoms with E-state index in [-0.39, 0.29) is 23.7 Å². The third kappa shape index (κ3) is 2.66. The first-order valence-electron chi connectivity index (χ1n) is 6.78. The Morgan fingerprint density at radius 1 is 1.35 bits per heavy atom. The van der Waals surface area contributed by atoms with Gasteiger partial charge in [0.1, 0.15) is 0 Å². The fourth-order valence-corrected chi connectivity index (χ4v) is 2.95. The number of rotatable bonds is 5. The van der Waals surface area contributed by atoms with Gasteiger partial charge >= 0.3 is 5.97 Å². The number of carbonyl (C=O) groups is 2. The predicted octanol–water partition coefficient (Wildman–Crippen LogP) is 2.77. The molecule has 106 valence electrons. The monoisotopic (exact) mass is 293 g/mol. The van der Waals surface area contributed by atoms with Crippen LogP contribution in [0, 0.1) is 11.3 Å². The Bertz CT molecular complexity index is 551. The SMILES string of the molecule is O=C(O)C[C@H](NC(=O)C1CC12CC2)c1ccc(Cl)cc1. The molecule has 0 radical (unpaired) electrons. The Morgan fingerprint density at radius 2 is 2.00 bits per heavy atom. The van der Waals surface area contributed by atoms with E-state index in [9.17, 15) is 9.59 Å². The molecule has 2 fully saturated rings. The van der Waals surface area contributed by atoms with E-state index in [2.05, 4.69) is 5.32 Å². The average Bonchev–Trinajstić information content (AvgIpc) is 3.30. The number of amides is 1. The average molecular weight is 294 g/mol. The quantitative estimate of drug-likeness (QED) is 0.877. The van der Waals surface area contributed by atoms with Gasteiger partial charge in [-0.3, -0.25) is 9.59 Å². The van der Waals surface area contributed by atoms with Crippen molar-refractivity contribution >= 4 is 23.5 Å². The topological polar surface area (TPSA) is 66.4 Å². The molecule has 2 N–H and O–H groups in total. The highest BCUT2D eigenvalue weighted by Crippen LogP contribution is 2.70. The molecule has 1 unspecified atom stereocenters. The Labute approximate surface area is 122 Å². The fourth-order valence-electron chi connectivity index (χ4n) is 2.83. The molecule has 1 aromatic carbocycles. The second kappa shape index (κ2) is 4.77. The van der Waals surface area contributed by atoms with Gasteiger partial charge in [-0.15, -0.1) is 0 Å². The van der Waals surface area contributed by atoms with Crippen LogP contribution in [0.15, 0.2) is 24.3 Å². The van der Waals surface area contributed by atoms with E-state index in [0.29, 0.717) is 5.02 Å². The van der Waals surface area contributed by atoms with Crippen molar-refractivity contribution < 1.29 is 14.7 Å². The van der Waals surface area contributed by atoms with Crippen LogP contribution in [0.1, 0.15) is 37.3 Å². The summed E-state index contributed by atoms with van der Waals surface area (Å²) in [5.41, 5.74) is 1.05. The Balaban J connectivity index is 1.70. The molecule has 2 atom stereocenters. The summed E-state index contributed by atoms with van der Waals surface area (Å²) in [7, 11) is 0. The summed E-state index contributed by atoms with van der Waals surface area (Å²) in [6.07, 6.45) is 3.11. The van der Waals surface area contributed by atoms with Gasteiger partial charge in [0.2, 0.25) is 5.91 Å². The summed E-state index contributed by atoms with van der Waals surface area (Å²) in [5.74, 6) is -0.850. The number of benzene rings is 1. The fraction of sp³-hybridized carbons (Fsp3) is 0.467. The van der Waals surface area contributed by atoms with E-state index >= 15 is 0 Å². The lowest BCUT2D eigenvalue weighted by Crippen LogP contribution is -2.31. The molecule has 3 rings (SSSR count). The Hall–Kier alpha value is -1.55. The number of hydrogen-bond donors (Lipinski definition) is 2. The number of hydrogen-bond acceptors (Lipinski definition) is 2. The van der Waals surface area contributed by atoms with Crippen LogP contribution >= 0.6 is 11.6 Å². The van der Waals surface area contributed by atoms with Crippen LogP contribution in [0.4, 0.5) is 0 Å². The molecule has 0 aliphatic heterocycles. The third-order valence-corrected chi connectivity index (χ3v) is 4.62. The number of carboxylic acid groups (broad SMARTS) is 1. The first-order chi connectivity index (χ1) is 9.50. The van der Waals surface area contributed by atoms with Crippen LogP contribution in [-0.4, -0.2) is 17.0 Å². The molecule has 0 bridgehead atoms. The smallest absolute Gasteiger partial charge is 0.305 e. The van der Waals surface area contributed by atoms with Crippen molar-refractivity contribution in [3.63, 3.8) is 0 Å². The van der Waals surface area contributed by atoms with E-state index in [0.717, 1.165) is 24.8 Å². The van der Waals surface area contributed by atoms with E-state index in [1.165, 1.54) is 0 Å².